The van der Waals surface area contributed by atoms with Crippen molar-refractivity contribution in [3.05, 3.63) is 12.2 Å². The molecule has 1 aliphatic carbocycles. The molecule has 0 unspecified atom stereocenters. The Balaban J connectivity index is 2.05. The maximum atomic E-state index is 11.4. The summed E-state index contributed by atoms with van der Waals surface area (Å²) in [5.74, 6) is 0.704. The van der Waals surface area contributed by atoms with Crippen molar-refractivity contribution in [2.75, 3.05) is 7.05 Å². The van der Waals surface area contributed by atoms with Crippen LogP contribution in [0, 0.1) is 5.92 Å². The van der Waals surface area contributed by atoms with Crippen LogP contribution in [0.2, 0.25) is 0 Å². The van der Waals surface area contributed by atoms with Gasteiger partial charge in [0.25, 0.3) is 0 Å². The first-order chi connectivity index (χ1) is 5.80. The Hall–Kier alpha value is -0.790. The van der Waals surface area contributed by atoms with Crippen molar-refractivity contribution in [3.8, 4) is 0 Å². The fourth-order valence-corrected chi connectivity index (χ4v) is 2.27. The first-order valence-electron chi connectivity index (χ1n) is 4.72. The maximum absolute atomic E-state index is 11.4. The third-order valence-corrected chi connectivity index (χ3v) is 3.07. The number of hydrogen-bond donors (Lipinski definition) is 0. The van der Waals surface area contributed by atoms with Gasteiger partial charge in [-0.3, -0.25) is 4.79 Å². The number of β-lactam (4-membered cyclic amide) rings is 1. The molecule has 2 aliphatic rings. The van der Waals surface area contributed by atoms with Gasteiger partial charge in [-0.25, -0.2) is 0 Å². The molecule has 0 saturated carbocycles. The first kappa shape index (κ1) is 7.84. The van der Waals surface area contributed by atoms with E-state index in [4.69, 9.17) is 0 Å². The molecule has 2 atom stereocenters. The van der Waals surface area contributed by atoms with Crippen LogP contribution < -0.4 is 0 Å². The van der Waals surface area contributed by atoms with E-state index in [1.165, 1.54) is 0 Å². The minimum Gasteiger partial charge on any atom is -0.342 e. The van der Waals surface area contributed by atoms with Crippen LogP contribution in [-0.2, 0) is 4.79 Å². The summed E-state index contributed by atoms with van der Waals surface area (Å²) < 4.78 is 0. The van der Waals surface area contributed by atoms with E-state index < -0.39 is 0 Å². The summed E-state index contributed by atoms with van der Waals surface area (Å²) in [6.45, 7) is 0. The quantitative estimate of drug-likeness (QED) is 0.394. The lowest BCUT2D eigenvalue weighted by atomic mass is 9.80. The summed E-state index contributed by atoms with van der Waals surface area (Å²) in [5, 5.41) is 0. The number of amides is 1. The highest BCUT2D eigenvalue weighted by molar-refractivity contribution is 5.85. The van der Waals surface area contributed by atoms with Crippen molar-refractivity contribution in [2.45, 2.75) is 31.7 Å². The number of rotatable bonds is 0. The molecule has 0 aromatic heterocycles. The fraction of sp³-hybridized carbons (Fsp3) is 0.700. The average Bonchev–Trinajstić information content (AvgIpc) is 2.04. The minimum atomic E-state index is 0.347. The standard InChI is InChI=1S/C10H15NO/c1-11-9-7-5-3-2-4-6-8(9)10(11)12/h2-3,8-9H,4-7H2,1H3/t8-,9+/m0/s1. The molecule has 0 radical (unpaired) electrons. The number of hydrogen-bond acceptors (Lipinski definition) is 1. The predicted octanol–water partition coefficient (Wildman–Crippen LogP) is 1.57. The molecule has 0 bridgehead atoms. The van der Waals surface area contributed by atoms with Crippen LogP contribution in [-0.4, -0.2) is 23.9 Å². The van der Waals surface area contributed by atoms with Gasteiger partial charge in [-0.2, -0.15) is 0 Å². The normalized spacial score (nSPS) is 35.1. The van der Waals surface area contributed by atoms with Gasteiger partial charge in [0.15, 0.2) is 0 Å². The molecule has 66 valence electrons. The van der Waals surface area contributed by atoms with Crippen LogP contribution in [0.5, 0.6) is 0 Å². The van der Waals surface area contributed by atoms with Gasteiger partial charge in [0, 0.05) is 13.1 Å². The van der Waals surface area contributed by atoms with Crippen molar-refractivity contribution in [3.63, 3.8) is 0 Å². The van der Waals surface area contributed by atoms with E-state index in [1.807, 2.05) is 11.9 Å². The zero-order valence-corrected chi connectivity index (χ0v) is 7.49. The molecule has 12 heavy (non-hydrogen) atoms. The van der Waals surface area contributed by atoms with Gasteiger partial charge >= 0.3 is 0 Å². The van der Waals surface area contributed by atoms with E-state index in [2.05, 4.69) is 12.2 Å². The molecule has 2 heteroatoms. The Labute approximate surface area is 73.2 Å². The molecule has 2 nitrogen and oxygen atoms in total. The molecule has 0 aromatic rings. The van der Waals surface area contributed by atoms with Crippen molar-refractivity contribution < 1.29 is 4.79 Å². The number of carbonyl (C=O) groups is 1. The first-order valence-corrected chi connectivity index (χ1v) is 4.72. The SMILES string of the molecule is CN1C(=O)[C@H]2CCC=CCC[C@H]21. The van der Waals surface area contributed by atoms with E-state index in [-0.39, 0.29) is 0 Å². The van der Waals surface area contributed by atoms with Crippen molar-refractivity contribution in [2.24, 2.45) is 5.92 Å². The second-order valence-electron chi connectivity index (χ2n) is 3.75. The van der Waals surface area contributed by atoms with Crippen LogP contribution in [0.25, 0.3) is 0 Å². The van der Waals surface area contributed by atoms with E-state index in [0.717, 1.165) is 25.7 Å². The number of allylic oxidation sites excluding steroid dienone is 2. The highest BCUT2D eigenvalue weighted by atomic mass is 16.2. The Kier molecular flexibility index (Phi) is 1.91. The monoisotopic (exact) mass is 165 g/mol. The van der Waals surface area contributed by atoms with Crippen LogP contribution >= 0.6 is 0 Å². The third kappa shape index (κ3) is 1.06. The second-order valence-corrected chi connectivity index (χ2v) is 3.75. The third-order valence-electron chi connectivity index (χ3n) is 3.07. The van der Waals surface area contributed by atoms with E-state index >= 15 is 0 Å². The van der Waals surface area contributed by atoms with E-state index in [9.17, 15) is 4.79 Å². The highest BCUT2D eigenvalue weighted by Gasteiger charge is 2.43. The van der Waals surface area contributed by atoms with Gasteiger partial charge in [-0.05, 0) is 25.7 Å². The molecule has 1 saturated heterocycles. The van der Waals surface area contributed by atoms with Gasteiger partial charge in [-0.15, -0.1) is 0 Å². The van der Waals surface area contributed by atoms with Gasteiger partial charge < -0.3 is 4.90 Å². The number of carbonyl (C=O) groups excluding carboxylic acids is 1. The molecular weight excluding hydrogens is 150 g/mol. The summed E-state index contributed by atoms with van der Waals surface area (Å²) in [7, 11) is 1.93. The molecule has 0 aromatic carbocycles. The van der Waals surface area contributed by atoms with Crippen LogP contribution in [0.3, 0.4) is 0 Å². The smallest absolute Gasteiger partial charge is 0.227 e. The summed E-state index contributed by atoms with van der Waals surface area (Å²) in [6.07, 6.45) is 8.89. The zero-order valence-electron chi connectivity index (χ0n) is 7.49. The Morgan fingerprint density at radius 1 is 1.33 bits per heavy atom. The molecule has 1 aliphatic heterocycles. The maximum Gasteiger partial charge on any atom is 0.227 e. The van der Waals surface area contributed by atoms with Crippen molar-refractivity contribution in [1.82, 2.24) is 4.90 Å². The number of fused-ring (bicyclic) bond motifs is 1. The molecule has 1 heterocycles. The van der Waals surface area contributed by atoms with Crippen molar-refractivity contribution >= 4 is 5.91 Å². The zero-order chi connectivity index (χ0) is 8.55. The summed E-state index contributed by atoms with van der Waals surface area (Å²) in [6, 6.07) is 0.544. The van der Waals surface area contributed by atoms with Gasteiger partial charge in [0.1, 0.15) is 0 Å². The van der Waals surface area contributed by atoms with Crippen molar-refractivity contribution in [1.29, 1.82) is 0 Å². The predicted molar refractivity (Wildman–Crippen MR) is 47.7 cm³/mol. The average molecular weight is 165 g/mol. The Morgan fingerprint density at radius 2 is 2.00 bits per heavy atom. The highest BCUT2D eigenvalue weighted by Crippen LogP contribution is 2.33. The summed E-state index contributed by atoms with van der Waals surface area (Å²) in [5.41, 5.74) is 0. The molecule has 0 N–H and O–H groups in total. The van der Waals surface area contributed by atoms with Crippen LogP contribution in [0.4, 0.5) is 0 Å². The van der Waals surface area contributed by atoms with Crippen LogP contribution in [0.1, 0.15) is 25.7 Å². The Bertz CT molecular complexity index is 222. The molecular formula is C10H15NO. The van der Waals surface area contributed by atoms with Gasteiger partial charge in [-0.1, -0.05) is 12.2 Å². The molecule has 2 rings (SSSR count). The Morgan fingerprint density at radius 3 is 2.75 bits per heavy atom. The summed E-state index contributed by atoms with van der Waals surface area (Å²) >= 11 is 0. The fourth-order valence-electron chi connectivity index (χ4n) is 2.27. The molecule has 1 fully saturated rings. The summed E-state index contributed by atoms with van der Waals surface area (Å²) in [4.78, 5) is 13.3. The van der Waals surface area contributed by atoms with E-state index in [1.54, 1.807) is 0 Å². The minimum absolute atomic E-state index is 0.347. The lowest BCUT2D eigenvalue weighted by molar-refractivity contribution is -0.154. The van der Waals surface area contributed by atoms with E-state index in [0.29, 0.717) is 17.9 Å². The van der Waals surface area contributed by atoms with Crippen LogP contribution in [0.15, 0.2) is 12.2 Å². The van der Waals surface area contributed by atoms with Gasteiger partial charge in [0.2, 0.25) is 5.91 Å². The number of nitrogens with zero attached hydrogens (tertiary/aromatic N) is 1. The lowest BCUT2D eigenvalue weighted by Crippen LogP contribution is -2.58. The largest absolute Gasteiger partial charge is 0.342 e. The second kappa shape index (κ2) is 2.92. The molecule has 1 amide bonds. The topological polar surface area (TPSA) is 20.3 Å². The number of likely N-dealkylation sites (tertiary alicyclic amines) is 1. The lowest BCUT2D eigenvalue weighted by Gasteiger charge is -2.45. The molecule has 0 spiro atoms. The van der Waals surface area contributed by atoms with Gasteiger partial charge in [0.05, 0.1) is 5.92 Å².